The van der Waals surface area contributed by atoms with Crippen molar-refractivity contribution >= 4 is 26.9 Å². The third-order valence-corrected chi connectivity index (χ3v) is 1.11. The average molecular weight is 336 g/mol. The van der Waals surface area contributed by atoms with Gasteiger partial charge in [-0.05, 0) is 0 Å². The molecule has 0 atom stereocenters. The first-order valence-corrected chi connectivity index (χ1v) is 4.81. The van der Waals surface area contributed by atoms with Crippen LogP contribution < -0.4 is 0 Å². The molecular weight excluding hydrogens is 326 g/mol. The number of halogens is 1. The summed E-state index contributed by atoms with van der Waals surface area (Å²) in [5.74, 6) is 0. The minimum Gasteiger partial charge on any atom is -0.531 e. The predicted molar refractivity (Wildman–Crippen MR) is 63.8 cm³/mol. The summed E-state index contributed by atoms with van der Waals surface area (Å²) in [5.41, 5.74) is 0. The van der Waals surface area contributed by atoms with E-state index in [9.17, 15) is 0 Å². The van der Waals surface area contributed by atoms with Gasteiger partial charge in [0.15, 0.2) is 0 Å². The van der Waals surface area contributed by atoms with Crippen LogP contribution in [0.2, 0.25) is 0 Å². The molecule has 0 saturated carbocycles. The van der Waals surface area contributed by atoms with Crippen molar-refractivity contribution in [3.8, 4) is 0 Å². The molecule has 2 rings (SSSR count). The summed E-state index contributed by atoms with van der Waals surface area (Å²) in [6.07, 6.45) is 0. The van der Waals surface area contributed by atoms with Gasteiger partial charge in [-0.1, -0.05) is 0 Å². The molecule has 0 bridgehead atoms. The van der Waals surface area contributed by atoms with E-state index in [0.29, 0.717) is 0 Å². The topological polar surface area (TPSA) is 17.1 Å². The Hall–Kier alpha value is -0.316. The molecule has 0 amide bonds. The molecule has 3 heteroatoms. The van der Waals surface area contributed by atoms with Gasteiger partial charge in [0.25, 0.3) is 0 Å². The fourth-order valence-electron chi connectivity index (χ4n) is 0.642. The van der Waals surface area contributed by atoms with Gasteiger partial charge in [-0.3, -0.25) is 22.6 Å². The SMILES string of the molecule is O=[C-]I.[V].c1cc[cH-]c1.c1cc[cH-]c1. The Morgan fingerprint density at radius 3 is 1.14 bits per heavy atom. The van der Waals surface area contributed by atoms with Crippen molar-refractivity contribution in [3.63, 3.8) is 0 Å². The molecule has 0 unspecified atom stereocenters. The second kappa shape index (κ2) is 15.2. The van der Waals surface area contributed by atoms with Crippen molar-refractivity contribution in [1.29, 1.82) is 0 Å². The van der Waals surface area contributed by atoms with Crippen LogP contribution in [0.4, 0.5) is 0 Å². The third-order valence-electron chi connectivity index (χ3n) is 1.11. The normalized spacial score (nSPS) is 6.64. The standard InChI is InChI=1S/2C5H5.CIO.V/c2*1-2-4-5-3-1;2-1-3;/h2*1-5H;;/q3*-1;. The Morgan fingerprint density at radius 2 is 1.07 bits per heavy atom. The zero-order valence-electron chi connectivity index (χ0n) is 7.51. The molecule has 0 heterocycles. The van der Waals surface area contributed by atoms with Crippen LogP contribution in [0, 0.1) is 0 Å². The van der Waals surface area contributed by atoms with Gasteiger partial charge in [-0.2, -0.15) is 40.7 Å². The van der Waals surface area contributed by atoms with Crippen LogP contribution in [-0.4, -0.2) is 4.29 Å². The summed E-state index contributed by atoms with van der Waals surface area (Å²) >= 11 is 1.48. The van der Waals surface area contributed by atoms with Crippen LogP contribution in [0.3, 0.4) is 0 Å². The molecule has 1 radical (unpaired) electrons. The minimum atomic E-state index is 0. The largest absolute Gasteiger partial charge is 0.531 e. The Labute approximate surface area is 110 Å². The Bertz CT molecular complexity index is 190. The van der Waals surface area contributed by atoms with Crippen molar-refractivity contribution in [2.45, 2.75) is 0 Å². The number of carbonyl (C=O) groups excluding carboxylic acids is 1. The quantitative estimate of drug-likeness (QED) is 0.410. The molecule has 2 aromatic carbocycles. The maximum atomic E-state index is 8.67. The Kier molecular flexibility index (Phi) is 17.5. The molecule has 0 spiro atoms. The van der Waals surface area contributed by atoms with E-state index in [2.05, 4.69) is 0 Å². The van der Waals surface area contributed by atoms with Crippen molar-refractivity contribution in [2.75, 3.05) is 0 Å². The third kappa shape index (κ3) is 14.2. The van der Waals surface area contributed by atoms with Crippen LogP contribution in [0.25, 0.3) is 0 Å². The molecule has 0 aliphatic rings. The van der Waals surface area contributed by atoms with Crippen LogP contribution in [0.5, 0.6) is 0 Å². The van der Waals surface area contributed by atoms with Gasteiger partial charge >= 0.3 is 0 Å². The van der Waals surface area contributed by atoms with Crippen molar-refractivity contribution < 1.29 is 23.4 Å². The van der Waals surface area contributed by atoms with Gasteiger partial charge in [-0.25, -0.2) is 24.3 Å². The molecule has 0 aliphatic heterocycles. The molecule has 0 saturated heterocycles. The van der Waals surface area contributed by atoms with Crippen molar-refractivity contribution in [2.24, 2.45) is 0 Å². The van der Waals surface area contributed by atoms with E-state index < -0.39 is 0 Å². The van der Waals surface area contributed by atoms with E-state index in [-0.39, 0.29) is 18.6 Å². The molecule has 2 aromatic rings. The van der Waals surface area contributed by atoms with Gasteiger partial charge in [-0.15, -0.1) is 0 Å². The summed E-state index contributed by atoms with van der Waals surface area (Å²) in [6, 6.07) is 20.0. The molecule has 75 valence electrons. The maximum absolute atomic E-state index is 8.67. The first-order chi connectivity index (χ1) is 6.41. The molecule has 14 heavy (non-hydrogen) atoms. The number of hydrogen-bond donors (Lipinski definition) is 0. The smallest absolute Gasteiger partial charge is 0 e. The van der Waals surface area contributed by atoms with E-state index in [1.54, 1.807) is 0 Å². The zero-order valence-corrected chi connectivity index (χ0v) is 11.1. The fraction of sp³-hybridized carbons (Fsp3) is 0. The summed E-state index contributed by atoms with van der Waals surface area (Å²) < 4.78 is 1.47. The molecular formula is C11H10IOV-3. The number of hydrogen-bond acceptors (Lipinski definition) is 1. The molecule has 0 aliphatic carbocycles. The second-order valence-corrected chi connectivity index (χ2v) is 2.44. The molecule has 1 nitrogen and oxygen atoms in total. The summed E-state index contributed by atoms with van der Waals surface area (Å²) in [7, 11) is 0. The summed E-state index contributed by atoms with van der Waals surface area (Å²) in [6.45, 7) is 0. The fourth-order valence-corrected chi connectivity index (χ4v) is 0.642. The maximum Gasteiger partial charge on any atom is 0 e. The van der Waals surface area contributed by atoms with E-state index >= 15 is 0 Å². The monoisotopic (exact) mass is 336 g/mol. The van der Waals surface area contributed by atoms with Crippen LogP contribution >= 0.6 is 22.6 Å². The van der Waals surface area contributed by atoms with Gasteiger partial charge in [0.05, 0.1) is 0 Å². The van der Waals surface area contributed by atoms with Crippen LogP contribution in [-0.2, 0) is 23.4 Å². The van der Waals surface area contributed by atoms with Crippen LogP contribution in [0.1, 0.15) is 0 Å². The first kappa shape index (κ1) is 16.1. The Morgan fingerprint density at radius 1 is 0.857 bits per heavy atom. The van der Waals surface area contributed by atoms with Gasteiger partial charge < -0.3 is 4.79 Å². The molecule has 0 N–H and O–H groups in total. The Balaban J connectivity index is 0. The van der Waals surface area contributed by atoms with Crippen LogP contribution in [0.15, 0.2) is 60.7 Å². The zero-order chi connectivity index (χ0) is 9.78. The summed E-state index contributed by atoms with van der Waals surface area (Å²) in [4.78, 5) is 8.67. The number of rotatable bonds is 0. The van der Waals surface area contributed by atoms with E-state index in [1.807, 2.05) is 60.7 Å². The molecule has 0 fully saturated rings. The van der Waals surface area contributed by atoms with Crippen molar-refractivity contribution in [1.82, 2.24) is 0 Å². The van der Waals surface area contributed by atoms with E-state index in [4.69, 9.17) is 4.79 Å². The van der Waals surface area contributed by atoms with Gasteiger partial charge in [0, 0.05) is 18.6 Å². The molecule has 0 aromatic heterocycles. The van der Waals surface area contributed by atoms with E-state index in [0.717, 1.165) is 0 Å². The van der Waals surface area contributed by atoms with Gasteiger partial charge in [0.2, 0.25) is 0 Å². The predicted octanol–water partition coefficient (Wildman–Crippen LogP) is 3.30. The van der Waals surface area contributed by atoms with Gasteiger partial charge in [0.1, 0.15) is 0 Å². The van der Waals surface area contributed by atoms with E-state index in [1.165, 1.54) is 26.9 Å². The second-order valence-electron chi connectivity index (χ2n) is 2.00. The first-order valence-electron chi connectivity index (χ1n) is 3.73. The minimum absolute atomic E-state index is 0. The van der Waals surface area contributed by atoms with Crippen molar-refractivity contribution in [3.05, 3.63) is 60.7 Å². The summed E-state index contributed by atoms with van der Waals surface area (Å²) in [5, 5.41) is 0. The average Bonchev–Trinajstić information content (AvgIpc) is 2.85.